The summed E-state index contributed by atoms with van der Waals surface area (Å²) in [6, 6.07) is 8.51. The summed E-state index contributed by atoms with van der Waals surface area (Å²) in [5.41, 5.74) is 2.19. The lowest BCUT2D eigenvalue weighted by molar-refractivity contribution is -0.129. The van der Waals surface area contributed by atoms with Crippen molar-refractivity contribution in [3.05, 3.63) is 36.0 Å². The van der Waals surface area contributed by atoms with Crippen molar-refractivity contribution in [1.82, 2.24) is 10.3 Å². The molecule has 0 radical (unpaired) electrons. The Hall–Kier alpha value is -1.81. The van der Waals surface area contributed by atoms with Crippen molar-refractivity contribution in [1.29, 1.82) is 0 Å². The number of H-pyrrole nitrogens is 1. The van der Waals surface area contributed by atoms with Crippen molar-refractivity contribution < 1.29 is 9.53 Å². The first-order valence-corrected chi connectivity index (χ1v) is 9.77. The maximum absolute atomic E-state index is 12.7. The number of aromatic nitrogens is 1. The number of ether oxygens (including phenoxy) is 1. The Balaban J connectivity index is 1.29. The molecule has 4 atom stereocenters. The van der Waals surface area contributed by atoms with Crippen molar-refractivity contribution in [2.75, 3.05) is 6.61 Å². The molecule has 1 aliphatic heterocycles. The number of aromatic amines is 1. The number of rotatable bonds is 4. The molecule has 4 heteroatoms. The summed E-state index contributed by atoms with van der Waals surface area (Å²) in [7, 11) is 0. The molecule has 1 aromatic carbocycles. The summed E-state index contributed by atoms with van der Waals surface area (Å²) in [6.45, 7) is 0.868. The number of nitrogens with one attached hydrogen (secondary N) is 2. The molecule has 1 aromatic heterocycles. The molecule has 132 valence electrons. The summed E-state index contributed by atoms with van der Waals surface area (Å²) < 4.78 is 6.00. The summed E-state index contributed by atoms with van der Waals surface area (Å²) in [5, 5.41) is 4.54. The Labute approximate surface area is 148 Å². The minimum Gasteiger partial charge on any atom is -0.377 e. The molecular formula is C21H26N2O2. The van der Waals surface area contributed by atoms with Gasteiger partial charge in [0.15, 0.2) is 0 Å². The lowest BCUT2D eigenvalue weighted by Crippen LogP contribution is -2.63. The zero-order chi connectivity index (χ0) is 16.8. The van der Waals surface area contributed by atoms with E-state index in [-0.39, 0.29) is 5.91 Å². The topological polar surface area (TPSA) is 54.1 Å². The fourth-order valence-electron chi connectivity index (χ4n) is 5.55. The van der Waals surface area contributed by atoms with Crippen LogP contribution in [0, 0.1) is 17.8 Å². The Bertz CT molecular complexity index is 772. The molecule has 25 heavy (non-hydrogen) atoms. The van der Waals surface area contributed by atoms with E-state index in [0.29, 0.717) is 30.4 Å². The van der Waals surface area contributed by atoms with Gasteiger partial charge in [0.1, 0.15) is 0 Å². The number of fused-ring (bicyclic) bond motifs is 2. The average molecular weight is 338 g/mol. The smallest absolute Gasteiger partial charge is 0.224 e. The van der Waals surface area contributed by atoms with Crippen LogP contribution in [0.25, 0.3) is 10.9 Å². The summed E-state index contributed by atoms with van der Waals surface area (Å²) in [6.07, 6.45) is 9.24. The van der Waals surface area contributed by atoms with E-state index in [4.69, 9.17) is 4.74 Å². The molecule has 4 nitrogen and oxygen atoms in total. The summed E-state index contributed by atoms with van der Waals surface area (Å²) in [4.78, 5) is 16.0. The first-order chi connectivity index (χ1) is 12.3. The van der Waals surface area contributed by atoms with E-state index in [2.05, 4.69) is 22.4 Å². The van der Waals surface area contributed by atoms with Crippen LogP contribution in [0.3, 0.4) is 0 Å². The van der Waals surface area contributed by atoms with Crippen molar-refractivity contribution in [2.45, 2.75) is 50.7 Å². The minimum absolute atomic E-state index is 0.156. The van der Waals surface area contributed by atoms with Gasteiger partial charge in [0.2, 0.25) is 5.91 Å². The Morgan fingerprint density at radius 2 is 2.04 bits per heavy atom. The van der Waals surface area contributed by atoms with Crippen LogP contribution in [0.1, 0.15) is 37.7 Å². The molecule has 2 aromatic rings. The van der Waals surface area contributed by atoms with Gasteiger partial charge >= 0.3 is 0 Å². The quantitative estimate of drug-likeness (QED) is 0.897. The Morgan fingerprint density at radius 1 is 1.20 bits per heavy atom. The molecule has 2 saturated carbocycles. The number of carbonyl (C=O) groups is 1. The van der Waals surface area contributed by atoms with Gasteiger partial charge < -0.3 is 15.0 Å². The van der Waals surface area contributed by atoms with Gasteiger partial charge in [0.05, 0.1) is 12.5 Å². The second-order valence-electron chi connectivity index (χ2n) is 8.04. The van der Waals surface area contributed by atoms with E-state index in [1.54, 1.807) is 0 Å². The maximum atomic E-state index is 12.7. The highest BCUT2D eigenvalue weighted by Crippen LogP contribution is 2.51. The highest BCUT2D eigenvalue weighted by molar-refractivity contribution is 5.89. The van der Waals surface area contributed by atoms with Gasteiger partial charge in [-0.2, -0.15) is 0 Å². The van der Waals surface area contributed by atoms with Crippen LogP contribution in [0.4, 0.5) is 0 Å². The molecule has 2 N–H and O–H groups in total. The van der Waals surface area contributed by atoms with Crippen molar-refractivity contribution in [3.8, 4) is 0 Å². The molecule has 0 bridgehead atoms. The van der Waals surface area contributed by atoms with Crippen molar-refractivity contribution in [2.24, 2.45) is 17.8 Å². The van der Waals surface area contributed by atoms with Gasteiger partial charge in [-0.05, 0) is 24.0 Å². The van der Waals surface area contributed by atoms with Crippen LogP contribution in [0.5, 0.6) is 0 Å². The number of para-hydroxylation sites is 1. The van der Waals surface area contributed by atoms with Gasteiger partial charge in [-0.3, -0.25) is 4.79 Å². The number of hydrogen-bond donors (Lipinski definition) is 2. The van der Waals surface area contributed by atoms with Gasteiger partial charge in [-0.15, -0.1) is 0 Å². The zero-order valence-corrected chi connectivity index (χ0v) is 14.5. The highest BCUT2D eigenvalue weighted by atomic mass is 16.5. The largest absolute Gasteiger partial charge is 0.377 e. The van der Waals surface area contributed by atoms with Crippen LogP contribution < -0.4 is 5.32 Å². The molecular weight excluding hydrogens is 312 g/mol. The minimum atomic E-state index is 0.156. The van der Waals surface area contributed by atoms with E-state index in [0.717, 1.165) is 35.4 Å². The third-order valence-corrected chi connectivity index (χ3v) is 6.74. The normalized spacial score (nSPS) is 31.8. The molecule has 2 heterocycles. The third kappa shape index (κ3) is 2.58. The Kier molecular flexibility index (Phi) is 3.81. The molecule has 3 fully saturated rings. The fraction of sp³-hybridized carbons (Fsp3) is 0.571. The second kappa shape index (κ2) is 6.17. The monoisotopic (exact) mass is 338 g/mol. The first kappa shape index (κ1) is 15.4. The molecule has 2 aliphatic carbocycles. The van der Waals surface area contributed by atoms with Crippen LogP contribution in [0.2, 0.25) is 0 Å². The molecule has 0 unspecified atom stereocenters. The summed E-state index contributed by atoms with van der Waals surface area (Å²) >= 11 is 0. The van der Waals surface area contributed by atoms with Gasteiger partial charge in [0, 0.05) is 41.6 Å². The standard InChI is InChI=1S/C21H26N2O2/c24-18(11-14-12-22-17-8-4-3-7-15(14)17)23-20-16-9-10-25-21(16)19(20)13-5-1-2-6-13/h3-4,7-8,12-13,16,19-22H,1-2,5-6,9-11H2,(H,23,24)/t16-,19+,20+,21-/m0/s1. The van der Waals surface area contributed by atoms with E-state index >= 15 is 0 Å². The number of carbonyl (C=O) groups excluding carboxylic acids is 1. The van der Waals surface area contributed by atoms with Gasteiger partial charge in [0.25, 0.3) is 0 Å². The number of benzene rings is 1. The molecule has 5 rings (SSSR count). The number of amides is 1. The van der Waals surface area contributed by atoms with E-state index in [9.17, 15) is 4.79 Å². The fourth-order valence-corrected chi connectivity index (χ4v) is 5.55. The van der Waals surface area contributed by atoms with E-state index < -0.39 is 0 Å². The predicted octanol–water partition coefficient (Wildman–Crippen LogP) is 3.42. The zero-order valence-electron chi connectivity index (χ0n) is 14.5. The lowest BCUT2D eigenvalue weighted by Gasteiger charge is -2.50. The van der Waals surface area contributed by atoms with Crippen LogP contribution >= 0.6 is 0 Å². The number of hydrogen-bond acceptors (Lipinski definition) is 2. The molecule has 1 amide bonds. The SMILES string of the molecule is O=C(Cc1c[nH]c2ccccc12)N[C@@H]1[C@@H]2CCO[C@@H]2[C@@H]1C1CCCC1. The van der Waals surface area contributed by atoms with Crippen LogP contribution in [0.15, 0.2) is 30.5 Å². The van der Waals surface area contributed by atoms with E-state index in [1.165, 1.54) is 25.7 Å². The first-order valence-electron chi connectivity index (χ1n) is 9.77. The highest BCUT2D eigenvalue weighted by Gasteiger charge is 2.56. The van der Waals surface area contributed by atoms with Crippen LogP contribution in [-0.2, 0) is 16.0 Å². The van der Waals surface area contributed by atoms with E-state index in [1.807, 2.05) is 18.3 Å². The van der Waals surface area contributed by atoms with Crippen molar-refractivity contribution >= 4 is 16.8 Å². The van der Waals surface area contributed by atoms with Crippen molar-refractivity contribution in [3.63, 3.8) is 0 Å². The summed E-state index contributed by atoms with van der Waals surface area (Å²) in [5.74, 6) is 1.99. The molecule has 1 saturated heterocycles. The maximum Gasteiger partial charge on any atom is 0.224 e. The lowest BCUT2D eigenvalue weighted by atomic mass is 9.61. The second-order valence-corrected chi connectivity index (χ2v) is 8.04. The molecule has 3 aliphatic rings. The molecule has 0 spiro atoms. The Morgan fingerprint density at radius 3 is 2.92 bits per heavy atom. The average Bonchev–Trinajstić information content (AvgIpc) is 3.35. The van der Waals surface area contributed by atoms with Crippen LogP contribution in [-0.4, -0.2) is 29.6 Å². The van der Waals surface area contributed by atoms with Gasteiger partial charge in [-0.25, -0.2) is 0 Å². The third-order valence-electron chi connectivity index (χ3n) is 6.74. The van der Waals surface area contributed by atoms with Gasteiger partial charge in [-0.1, -0.05) is 43.9 Å². The predicted molar refractivity (Wildman–Crippen MR) is 97.2 cm³/mol.